The largest absolute Gasteiger partial charge is 0.451 e. The molecule has 2 aliphatic rings. The number of anilines is 1. The average molecular weight is 486 g/mol. The van der Waals surface area contributed by atoms with Crippen molar-refractivity contribution in [2.75, 3.05) is 5.01 Å². The minimum absolute atomic E-state index is 0.424. The van der Waals surface area contributed by atoms with Crippen molar-refractivity contribution in [2.45, 2.75) is 24.7 Å². The summed E-state index contributed by atoms with van der Waals surface area (Å²) in [5.74, 6) is -2.92. The third-order valence-corrected chi connectivity index (χ3v) is 4.43. The molecule has 0 spiro atoms. The molecular weight excluding hydrogens is 480 g/mol. The summed E-state index contributed by atoms with van der Waals surface area (Å²) in [4.78, 5) is 5.60. The van der Waals surface area contributed by atoms with E-state index in [0.29, 0.717) is 17.1 Å². The molecule has 5 nitrogen and oxygen atoms in total. The minimum Gasteiger partial charge on any atom is -0.384 e. The van der Waals surface area contributed by atoms with Crippen molar-refractivity contribution < 1.29 is 39.5 Å². The van der Waals surface area contributed by atoms with E-state index in [0.717, 1.165) is 0 Å². The fourth-order valence-electron chi connectivity index (χ4n) is 2.66. The van der Waals surface area contributed by atoms with Crippen molar-refractivity contribution in [2.24, 2.45) is 15.7 Å². The van der Waals surface area contributed by atoms with Crippen LogP contribution in [0.15, 0.2) is 33.5 Å². The van der Waals surface area contributed by atoms with Crippen LogP contribution in [0.2, 0.25) is 10.0 Å². The first-order valence-electron chi connectivity index (χ1n) is 7.45. The molecule has 0 bridgehead atoms. The number of hydrazine groups is 1. The molecular formula is C14H6Cl2F9N5. The van der Waals surface area contributed by atoms with Gasteiger partial charge >= 0.3 is 18.5 Å². The Kier molecular flexibility index (Phi) is 5.19. The molecule has 164 valence electrons. The van der Waals surface area contributed by atoms with Gasteiger partial charge in [-0.1, -0.05) is 23.2 Å². The molecule has 2 aliphatic heterocycles. The van der Waals surface area contributed by atoms with Crippen molar-refractivity contribution in [3.05, 3.63) is 39.1 Å². The number of fused-ring (bicyclic) bond motifs is 1. The van der Waals surface area contributed by atoms with Crippen molar-refractivity contribution in [1.29, 1.82) is 0 Å². The number of nitrogens with zero attached hydrogens (tertiary/aromatic N) is 3. The van der Waals surface area contributed by atoms with Crippen LogP contribution in [0, 0.1) is 0 Å². The molecule has 3 rings (SSSR count). The number of benzene rings is 1. The van der Waals surface area contributed by atoms with Crippen molar-refractivity contribution in [1.82, 2.24) is 5.43 Å². The lowest BCUT2D eigenvalue weighted by Gasteiger charge is -2.24. The normalized spacial score (nSPS) is 20.4. The maximum Gasteiger partial charge on any atom is 0.451 e. The molecule has 2 heterocycles. The Labute approximate surface area is 170 Å². The first kappa shape index (κ1) is 22.5. The number of halogens is 11. The summed E-state index contributed by atoms with van der Waals surface area (Å²) in [5.41, 5.74) is 3.04. The van der Waals surface area contributed by atoms with Crippen LogP contribution >= 0.6 is 23.2 Å². The lowest BCUT2D eigenvalue weighted by atomic mass is 10.1. The molecule has 1 aromatic carbocycles. The number of hydrogen-bond acceptors (Lipinski definition) is 5. The zero-order chi connectivity index (χ0) is 22.8. The number of alkyl halides is 9. The van der Waals surface area contributed by atoms with Gasteiger partial charge in [0.2, 0.25) is 5.84 Å². The summed E-state index contributed by atoms with van der Waals surface area (Å²) >= 11 is 11.6. The zero-order valence-corrected chi connectivity index (χ0v) is 15.3. The smallest absolute Gasteiger partial charge is 0.384 e. The Hall–Kier alpha value is -2.19. The van der Waals surface area contributed by atoms with Crippen LogP contribution in [0.4, 0.5) is 45.2 Å². The lowest BCUT2D eigenvalue weighted by molar-refractivity contribution is -0.137. The van der Waals surface area contributed by atoms with Crippen LogP contribution in [0.1, 0.15) is 5.56 Å². The highest BCUT2D eigenvalue weighted by molar-refractivity contribution is 6.39. The molecule has 0 fully saturated rings. The summed E-state index contributed by atoms with van der Waals surface area (Å²) in [5, 5.41) is -0.848. The highest BCUT2D eigenvalue weighted by Crippen LogP contribution is 2.43. The Morgan fingerprint density at radius 1 is 0.900 bits per heavy atom. The second kappa shape index (κ2) is 6.92. The molecule has 1 unspecified atom stereocenters. The second-order valence-corrected chi connectivity index (χ2v) is 6.68. The van der Waals surface area contributed by atoms with Crippen LogP contribution in [0.3, 0.4) is 0 Å². The molecule has 16 heteroatoms. The van der Waals surface area contributed by atoms with E-state index in [-0.39, 0.29) is 0 Å². The Morgan fingerprint density at radius 2 is 1.43 bits per heavy atom. The number of hydrogen-bond donors (Lipinski definition) is 2. The maximum atomic E-state index is 13.3. The molecule has 0 saturated heterocycles. The van der Waals surface area contributed by atoms with Gasteiger partial charge in [-0.05, 0) is 12.1 Å². The average Bonchev–Trinajstić information content (AvgIpc) is 2.87. The summed E-state index contributed by atoms with van der Waals surface area (Å²) in [6.07, 6.45) is -17.5. The first-order chi connectivity index (χ1) is 13.5. The summed E-state index contributed by atoms with van der Waals surface area (Å²) < 4.78 is 117. The van der Waals surface area contributed by atoms with Gasteiger partial charge in [-0.15, -0.1) is 0 Å². The van der Waals surface area contributed by atoms with Gasteiger partial charge in [0.1, 0.15) is 12.0 Å². The first-order valence-corrected chi connectivity index (χ1v) is 8.21. The molecule has 0 radical (unpaired) electrons. The van der Waals surface area contributed by atoms with Gasteiger partial charge in [0, 0.05) is 0 Å². The predicted octanol–water partition coefficient (Wildman–Crippen LogP) is 4.81. The third kappa shape index (κ3) is 3.90. The monoisotopic (exact) mass is 485 g/mol. The maximum absolute atomic E-state index is 13.3. The van der Waals surface area contributed by atoms with E-state index >= 15 is 0 Å². The zero-order valence-electron chi connectivity index (χ0n) is 13.8. The van der Waals surface area contributed by atoms with Crippen LogP contribution in [0.5, 0.6) is 0 Å². The fraction of sp³-hybridized carbons (Fsp3) is 0.286. The van der Waals surface area contributed by atoms with Gasteiger partial charge in [-0.25, -0.2) is 9.98 Å². The quantitative estimate of drug-likeness (QED) is 0.561. The van der Waals surface area contributed by atoms with Gasteiger partial charge in [-0.2, -0.15) is 44.9 Å². The van der Waals surface area contributed by atoms with E-state index in [9.17, 15) is 39.5 Å². The van der Waals surface area contributed by atoms with E-state index in [1.807, 2.05) is 0 Å². The molecule has 1 atom stereocenters. The predicted molar refractivity (Wildman–Crippen MR) is 89.1 cm³/mol. The number of nitrogens with two attached hydrogens (primary N) is 1. The number of rotatable bonds is 1. The van der Waals surface area contributed by atoms with E-state index in [4.69, 9.17) is 28.9 Å². The molecule has 0 aromatic heterocycles. The van der Waals surface area contributed by atoms with E-state index in [1.54, 1.807) is 0 Å². The Balaban J connectivity index is 2.15. The molecule has 0 amide bonds. The van der Waals surface area contributed by atoms with Crippen molar-refractivity contribution in [3.8, 4) is 0 Å². The Morgan fingerprint density at radius 3 is 1.87 bits per heavy atom. The molecule has 0 aliphatic carbocycles. The van der Waals surface area contributed by atoms with Crippen molar-refractivity contribution in [3.63, 3.8) is 0 Å². The van der Waals surface area contributed by atoms with Gasteiger partial charge in [-0.3, -0.25) is 5.01 Å². The second-order valence-electron chi connectivity index (χ2n) is 5.86. The number of amidine groups is 1. The molecule has 30 heavy (non-hydrogen) atoms. The van der Waals surface area contributed by atoms with Gasteiger partial charge < -0.3 is 5.73 Å². The molecule has 1 aromatic rings. The molecule has 3 N–H and O–H groups in total. The number of aliphatic imine (C=N–C) groups is 2. The fourth-order valence-corrected chi connectivity index (χ4v) is 3.31. The van der Waals surface area contributed by atoms with E-state index < -0.39 is 68.9 Å². The standard InChI is InChI=1S/C14H6Cl2F9N5/c15-4-1-3(12(17,18)19)2-5(16)7(4)30-9(26)6-8(13(20,21)22)27-11(14(23,24)25)28-10(6)29-30/h1-2,10,29H,26H2. The number of nitrogens with one attached hydrogen (secondary N) is 1. The van der Waals surface area contributed by atoms with Gasteiger partial charge in [0.15, 0.2) is 5.71 Å². The van der Waals surface area contributed by atoms with E-state index in [1.165, 1.54) is 0 Å². The SMILES string of the molecule is NC1=C2C(C(F)(F)F)=NC(C(F)(F)F)=NC2NN1c1c(Cl)cc(C(F)(F)F)cc1Cl. The van der Waals surface area contributed by atoms with Crippen LogP contribution in [-0.4, -0.2) is 30.1 Å². The molecule has 0 saturated carbocycles. The van der Waals surface area contributed by atoms with Crippen LogP contribution in [-0.2, 0) is 6.18 Å². The summed E-state index contributed by atoms with van der Waals surface area (Å²) in [6, 6.07) is 0.848. The van der Waals surface area contributed by atoms with Crippen LogP contribution < -0.4 is 16.2 Å². The van der Waals surface area contributed by atoms with Crippen LogP contribution in [0.25, 0.3) is 0 Å². The topological polar surface area (TPSA) is 66.0 Å². The van der Waals surface area contributed by atoms with Gasteiger partial charge in [0.25, 0.3) is 0 Å². The summed E-state index contributed by atoms with van der Waals surface area (Å²) in [7, 11) is 0. The summed E-state index contributed by atoms with van der Waals surface area (Å²) in [6.45, 7) is 0. The Bertz CT molecular complexity index is 968. The highest BCUT2D eigenvalue weighted by atomic mass is 35.5. The minimum atomic E-state index is -5.35. The third-order valence-electron chi connectivity index (χ3n) is 3.86. The van der Waals surface area contributed by atoms with E-state index in [2.05, 4.69) is 15.4 Å². The van der Waals surface area contributed by atoms with Gasteiger partial charge in [0.05, 0.1) is 26.9 Å². The van der Waals surface area contributed by atoms with Crippen molar-refractivity contribution >= 4 is 40.4 Å². The highest BCUT2D eigenvalue weighted by Gasteiger charge is 2.51. The lowest BCUT2D eigenvalue weighted by Crippen LogP contribution is -2.43.